The number of hydrogen-bond donors (Lipinski definition) is 2. The predicted molar refractivity (Wildman–Crippen MR) is 96.7 cm³/mol. The van der Waals surface area contributed by atoms with E-state index in [4.69, 9.17) is 4.42 Å². The van der Waals surface area contributed by atoms with Gasteiger partial charge in [-0.25, -0.2) is 4.98 Å². The third kappa shape index (κ3) is 2.50. The van der Waals surface area contributed by atoms with E-state index in [2.05, 4.69) is 32.4 Å². The average molecular weight is 351 g/mol. The molecule has 3 aromatic rings. The van der Waals surface area contributed by atoms with Gasteiger partial charge >= 0.3 is 0 Å². The van der Waals surface area contributed by atoms with Crippen LogP contribution in [0.4, 0.5) is 0 Å². The Hall–Kier alpha value is -2.67. The number of piperidine rings is 1. The third-order valence-corrected chi connectivity index (χ3v) is 5.89. The molecule has 0 radical (unpaired) electrons. The lowest BCUT2D eigenvalue weighted by atomic mass is 9.98. The summed E-state index contributed by atoms with van der Waals surface area (Å²) in [5.74, 6) is 0.448. The van der Waals surface area contributed by atoms with E-state index in [-0.39, 0.29) is 11.9 Å². The Labute approximate surface area is 150 Å². The second-order valence-electron chi connectivity index (χ2n) is 7.36. The molecule has 2 bridgehead atoms. The molecule has 2 aliphatic heterocycles. The lowest BCUT2D eigenvalue weighted by molar-refractivity contribution is 0.0879. The first-order valence-electron chi connectivity index (χ1n) is 9.10. The van der Waals surface area contributed by atoms with Gasteiger partial charge in [-0.05, 0) is 50.9 Å². The summed E-state index contributed by atoms with van der Waals surface area (Å²) in [6, 6.07) is 7.12. The first kappa shape index (κ1) is 15.6. The van der Waals surface area contributed by atoms with E-state index in [1.807, 2.05) is 18.2 Å². The molecule has 2 N–H and O–H groups in total. The summed E-state index contributed by atoms with van der Waals surface area (Å²) in [5.41, 5.74) is 2.10. The fourth-order valence-corrected chi connectivity index (χ4v) is 4.47. The number of fused-ring (bicyclic) bond motifs is 3. The van der Waals surface area contributed by atoms with Gasteiger partial charge in [0.05, 0.1) is 11.7 Å². The van der Waals surface area contributed by atoms with E-state index in [9.17, 15) is 4.79 Å². The molecule has 2 aromatic heterocycles. The van der Waals surface area contributed by atoms with Gasteiger partial charge < -0.3 is 14.6 Å². The van der Waals surface area contributed by atoms with E-state index in [1.165, 1.54) is 12.8 Å². The molecule has 134 valence electrons. The molecule has 2 saturated heterocycles. The van der Waals surface area contributed by atoms with Gasteiger partial charge in [0.15, 0.2) is 5.69 Å². The summed E-state index contributed by atoms with van der Waals surface area (Å²) in [7, 11) is 2.20. The van der Waals surface area contributed by atoms with Crippen molar-refractivity contribution in [3.63, 3.8) is 0 Å². The number of aromatic amines is 1. The number of nitrogens with one attached hydrogen (secondary N) is 2. The fraction of sp³-hybridized carbons (Fsp3) is 0.421. The predicted octanol–water partition coefficient (Wildman–Crippen LogP) is 2.57. The maximum absolute atomic E-state index is 12.8. The molecule has 0 spiro atoms. The molecule has 1 aromatic carbocycles. The van der Waals surface area contributed by atoms with Gasteiger partial charge in [0.1, 0.15) is 6.26 Å². The summed E-state index contributed by atoms with van der Waals surface area (Å²) < 4.78 is 5.33. The lowest BCUT2D eigenvalue weighted by Gasteiger charge is -2.36. The Morgan fingerprint density at radius 1 is 1.31 bits per heavy atom. The quantitative estimate of drug-likeness (QED) is 0.757. The first-order chi connectivity index (χ1) is 12.7. The highest BCUT2D eigenvalue weighted by Gasteiger charge is 2.39. The van der Waals surface area contributed by atoms with Crippen LogP contribution in [0.1, 0.15) is 36.2 Å². The Morgan fingerprint density at radius 3 is 2.85 bits per heavy atom. The summed E-state index contributed by atoms with van der Waals surface area (Å²) in [6.45, 7) is 0. The number of carbonyl (C=O) groups is 1. The van der Waals surface area contributed by atoms with Crippen molar-refractivity contribution in [3.8, 4) is 11.5 Å². The Kier molecular flexibility index (Phi) is 3.56. The Bertz CT molecular complexity index is 934. The van der Waals surface area contributed by atoms with Crippen molar-refractivity contribution in [1.82, 2.24) is 25.4 Å². The molecule has 3 atom stereocenters. The molecular weight excluding hydrogens is 330 g/mol. The highest BCUT2D eigenvalue weighted by atomic mass is 16.3. The number of amides is 1. The highest BCUT2D eigenvalue weighted by molar-refractivity contribution is 6.05. The number of oxazole rings is 1. The maximum Gasteiger partial charge on any atom is 0.272 e. The van der Waals surface area contributed by atoms with Crippen molar-refractivity contribution in [3.05, 3.63) is 36.4 Å². The monoisotopic (exact) mass is 351 g/mol. The smallest absolute Gasteiger partial charge is 0.272 e. The summed E-state index contributed by atoms with van der Waals surface area (Å²) in [4.78, 5) is 19.4. The van der Waals surface area contributed by atoms with Gasteiger partial charge in [0.2, 0.25) is 5.89 Å². The van der Waals surface area contributed by atoms with Gasteiger partial charge in [-0.15, -0.1) is 0 Å². The number of nitrogens with zero attached hydrogens (tertiary/aromatic N) is 3. The third-order valence-electron chi connectivity index (χ3n) is 5.89. The number of hydrogen-bond acceptors (Lipinski definition) is 5. The zero-order valence-electron chi connectivity index (χ0n) is 14.6. The van der Waals surface area contributed by atoms with Gasteiger partial charge in [-0.1, -0.05) is 0 Å². The number of benzene rings is 1. The van der Waals surface area contributed by atoms with Crippen molar-refractivity contribution in [1.29, 1.82) is 0 Å². The normalized spacial score (nSPS) is 25.7. The van der Waals surface area contributed by atoms with Crippen molar-refractivity contribution in [2.75, 3.05) is 7.05 Å². The number of H-pyrrole nitrogens is 1. The van der Waals surface area contributed by atoms with Crippen LogP contribution in [0.25, 0.3) is 22.4 Å². The molecule has 0 aliphatic carbocycles. The Balaban J connectivity index is 1.36. The molecule has 5 rings (SSSR count). The molecule has 2 fully saturated rings. The van der Waals surface area contributed by atoms with Crippen LogP contribution in [-0.2, 0) is 0 Å². The minimum atomic E-state index is -0.103. The minimum absolute atomic E-state index is 0.103. The van der Waals surface area contributed by atoms with Crippen LogP contribution in [0.2, 0.25) is 0 Å². The van der Waals surface area contributed by atoms with Crippen LogP contribution >= 0.6 is 0 Å². The molecule has 2 aliphatic rings. The standard InChI is InChI=1S/C19H21N5O2/c1-24-13-3-4-14(24)10-12(9-13)21-18(25)17-15-5-2-11(8-16(15)22-23-17)19-20-6-7-26-19/h2,5-8,12-14H,3-4,9-10H2,1H3,(H,21,25)(H,22,23)/t12?,13-,14+. The van der Waals surface area contributed by atoms with Gasteiger partial charge in [0, 0.05) is 29.1 Å². The van der Waals surface area contributed by atoms with Crippen LogP contribution in [0.15, 0.2) is 35.1 Å². The molecule has 4 heterocycles. The second kappa shape index (κ2) is 5.95. The SMILES string of the molecule is CN1[C@@H]2CC[C@H]1CC(NC(=O)c1n[nH]c3cc(-c4ncco4)ccc13)C2. The molecule has 26 heavy (non-hydrogen) atoms. The Morgan fingerprint density at radius 2 is 2.12 bits per heavy atom. The molecule has 7 heteroatoms. The van der Waals surface area contributed by atoms with E-state index in [0.29, 0.717) is 23.7 Å². The summed E-state index contributed by atoms with van der Waals surface area (Å²) in [6.07, 6.45) is 7.68. The zero-order valence-corrected chi connectivity index (χ0v) is 14.6. The van der Waals surface area contributed by atoms with Crippen LogP contribution in [0, 0.1) is 0 Å². The molecule has 1 amide bonds. The van der Waals surface area contributed by atoms with Crippen LogP contribution in [-0.4, -0.2) is 51.2 Å². The van der Waals surface area contributed by atoms with Gasteiger partial charge in [0.25, 0.3) is 5.91 Å². The lowest BCUT2D eigenvalue weighted by Crippen LogP contribution is -2.48. The van der Waals surface area contributed by atoms with Crippen molar-refractivity contribution >= 4 is 16.8 Å². The molecular formula is C19H21N5O2. The minimum Gasteiger partial charge on any atom is -0.445 e. The van der Waals surface area contributed by atoms with Gasteiger partial charge in [-0.3, -0.25) is 9.89 Å². The first-order valence-corrected chi connectivity index (χ1v) is 9.10. The van der Waals surface area contributed by atoms with Crippen molar-refractivity contribution < 1.29 is 9.21 Å². The summed E-state index contributed by atoms with van der Waals surface area (Å²) in [5, 5.41) is 11.2. The highest BCUT2D eigenvalue weighted by Crippen LogP contribution is 2.34. The fourth-order valence-electron chi connectivity index (χ4n) is 4.47. The second-order valence-corrected chi connectivity index (χ2v) is 7.36. The van der Waals surface area contributed by atoms with E-state index in [0.717, 1.165) is 29.3 Å². The maximum atomic E-state index is 12.8. The molecule has 1 unspecified atom stereocenters. The van der Waals surface area contributed by atoms with Crippen molar-refractivity contribution in [2.24, 2.45) is 0 Å². The summed E-state index contributed by atoms with van der Waals surface area (Å²) >= 11 is 0. The van der Waals surface area contributed by atoms with Gasteiger partial charge in [-0.2, -0.15) is 5.10 Å². The largest absolute Gasteiger partial charge is 0.445 e. The van der Waals surface area contributed by atoms with E-state index >= 15 is 0 Å². The number of aromatic nitrogens is 3. The van der Waals surface area contributed by atoms with E-state index in [1.54, 1.807) is 12.5 Å². The average Bonchev–Trinajstić information content (AvgIpc) is 3.34. The number of rotatable bonds is 3. The van der Waals surface area contributed by atoms with Crippen LogP contribution < -0.4 is 5.32 Å². The molecule has 0 saturated carbocycles. The number of carbonyl (C=O) groups excluding carboxylic acids is 1. The zero-order chi connectivity index (χ0) is 17.7. The van der Waals surface area contributed by atoms with E-state index < -0.39 is 0 Å². The van der Waals surface area contributed by atoms with Crippen LogP contribution in [0.5, 0.6) is 0 Å². The van der Waals surface area contributed by atoms with Crippen molar-refractivity contribution in [2.45, 2.75) is 43.8 Å². The topological polar surface area (TPSA) is 87.0 Å². The molecule has 7 nitrogen and oxygen atoms in total. The van der Waals surface area contributed by atoms with Crippen LogP contribution in [0.3, 0.4) is 0 Å².